The third-order valence-electron chi connectivity index (χ3n) is 4.00. The molecule has 142 valence electrons. The smallest absolute Gasteiger partial charge is 0.263 e. The van der Waals surface area contributed by atoms with Crippen molar-refractivity contribution in [3.63, 3.8) is 0 Å². The number of hydrogen-bond donors (Lipinski definition) is 1. The van der Waals surface area contributed by atoms with Crippen molar-refractivity contribution in [2.24, 2.45) is 7.05 Å². The minimum atomic E-state index is -0.188. The number of halogens is 1. The number of fused-ring (bicyclic) bond motifs is 1. The molecule has 0 spiro atoms. The van der Waals surface area contributed by atoms with Crippen LogP contribution in [0.3, 0.4) is 0 Å². The fraction of sp³-hybridized carbons (Fsp3) is 0.105. The fourth-order valence-electron chi connectivity index (χ4n) is 2.69. The van der Waals surface area contributed by atoms with E-state index >= 15 is 0 Å². The molecule has 0 aliphatic rings. The van der Waals surface area contributed by atoms with E-state index in [9.17, 15) is 9.59 Å². The highest BCUT2D eigenvalue weighted by molar-refractivity contribution is 7.99. The van der Waals surface area contributed by atoms with Crippen LogP contribution < -0.4 is 10.9 Å². The normalized spacial score (nSPS) is 11.1. The molecule has 0 saturated heterocycles. The monoisotopic (exact) mass is 447 g/mol. The van der Waals surface area contributed by atoms with Gasteiger partial charge >= 0.3 is 0 Å². The van der Waals surface area contributed by atoms with Crippen molar-refractivity contribution in [2.45, 2.75) is 5.16 Å². The highest BCUT2D eigenvalue weighted by Crippen LogP contribution is 2.34. The molecule has 5 nitrogen and oxygen atoms in total. The van der Waals surface area contributed by atoms with Crippen LogP contribution in [0.4, 0.5) is 5.69 Å². The molecule has 4 rings (SSSR count). The van der Waals surface area contributed by atoms with E-state index in [2.05, 4.69) is 10.3 Å². The van der Waals surface area contributed by atoms with Crippen LogP contribution in [0.2, 0.25) is 5.02 Å². The minimum absolute atomic E-state index is 0.104. The van der Waals surface area contributed by atoms with Crippen molar-refractivity contribution in [1.82, 2.24) is 9.55 Å². The third-order valence-corrected chi connectivity index (χ3v) is 7.04. The molecule has 0 unspecified atom stereocenters. The number of nitrogens with zero attached hydrogens (tertiary/aromatic N) is 2. The molecule has 1 N–H and O–H groups in total. The molecule has 0 aliphatic heterocycles. The van der Waals surface area contributed by atoms with Gasteiger partial charge < -0.3 is 5.32 Å². The van der Waals surface area contributed by atoms with Crippen LogP contribution in [0.15, 0.2) is 57.1 Å². The lowest BCUT2D eigenvalue weighted by Gasteiger charge is -2.08. The fourth-order valence-corrected chi connectivity index (χ4v) is 5.45. The van der Waals surface area contributed by atoms with Crippen LogP contribution in [0, 0.1) is 0 Å². The molecule has 1 aromatic carbocycles. The predicted molar refractivity (Wildman–Crippen MR) is 119 cm³/mol. The molecule has 0 aliphatic carbocycles. The average molecular weight is 448 g/mol. The molecule has 0 fully saturated rings. The second-order valence-corrected chi connectivity index (χ2v) is 9.10. The molecule has 0 bridgehead atoms. The predicted octanol–water partition coefficient (Wildman–Crippen LogP) is 5.11. The van der Waals surface area contributed by atoms with Gasteiger partial charge in [0.2, 0.25) is 5.91 Å². The number of carbonyl (C=O) groups is 1. The van der Waals surface area contributed by atoms with Gasteiger partial charge in [0.1, 0.15) is 4.83 Å². The van der Waals surface area contributed by atoms with Crippen molar-refractivity contribution in [3.8, 4) is 10.4 Å². The second kappa shape index (κ2) is 8.08. The van der Waals surface area contributed by atoms with Gasteiger partial charge in [0, 0.05) is 33.6 Å². The Kier molecular flexibility index (Phi) is 5.54. The van der Waals surface area contributed by atoms with Gasteiger partial charge in [-0.05, 0) is 29.6 Å². The third kappa shape index (κ3) is 3.86. The first-order valence-electron chi connectivity index (χ1n) is 8.23. The first-order chi connectivity index (χ1) is 13.5. The Morgan fingerprint density at radius 3 is 2.89 bits per heavy atom. The van der Waals surface area contributed by atoms with Crippen molar-refractivity contribution >= 4 is 67.8 Å². The van der Waals surface area contributed by atoms with Crippen molar-refractivity contribution in [3.05, 3.63) is 62.5 Å². The summed E-state index contributed by atoms with van der Waals surface area (Å²) in [5, 5.41) is 8.44. The van der Waals surface area contributed by atoms with E-state index in [1.807, 2.05) is 22.9 Å². The van der Waals surface area contributed by atoms with E-state index in [1.54, 1.807) is 42.6 Å². The molecule has 0 atom stereocenters. The molecule has 3 aromatic heterocycles. The molecular formula is C19H14ClN3O2S3. The average Bonchev–Trinajstić information content (AvgIpc) is 3.33. The molecule has 4 aromatic rings. The van der Waals surface area contributed by atoms with Gasteiger partial charge in [-0.2, -0.15) is 0 Å². The number of thiophene rings is 2. The number of anilines is 1. The van der Waals surface area contributed by atoms with Gasteiger partial charge in [0.15, 0.2) is 5.16 Å². The molecular weight excluding hydrogens is 434 g/mol. The van der Waals surface area contributed by atoms with E-state index in [1.165, 1.54) is 27.7 Å². The van der Waals surface area contributed by atoms with E-state index in [0.717, 1.165) is 10.4 Å². The summed E-state index contributed by atoms with van der Waals surface area (Å²) in [5.74, 6) is -0.0476. The van der Waals surface area contributed by atoms with Gasteiger partial charge in [-0.1, -0.05) is 35.5 Å². The van der Waals surface area contributed by atoms with Crippen LogP contribution in [-0.4, -0.2) is 21.2 Å². The summed E-state index contributed by atoms with van der Waals surface area (Å²) in [6, 6.07) is 10.9. The van der Waals surface area contributed by atoms with Crippen LogP contribution >= 0.6 is 46.0 Å². The number of aromatic nitrogens is 2. The Labute approximate surface area is 178 Å². The molecule has 0 radical (unpaired) electrons. The first kappa shape index (κ1) is 19.2. The van der Waals surface area contributed by atoms with Crippen LogP contribution in [-0.2, 0) is 11.8 Å². The van der Waals surface area contributed by atoms with Gasteiger partial charge in [-0.3, -0.25) is 14.2 Å². The van der Waals surface area contributed by atoms with Gasteiger partial charge in [0.25, 0.3) is 5.56 Å². The highest BCUT2D eigenvalue weighted by atomic mass is 35.5. The summed E-state index contributed by atoms with van der Waals surface area (Å²) in [6.45, 7) is 0. The topological polar surface area (TPSA) is 64.0 Å². The van der Waals surface area contributed by atoms with Gasteiger partial charge in [-0.25, -0.2) is 4.98 Å². The maximum atomic E-state index is 12.9. The number of carbonyl (C=O) groups excluding carboxylic acids is 1. The summed E-state index contributed by atoms with van der Waals surface area (Å²) >= 11 is 10.2. The highest BCUT2D eigenvalue weighted by Gasteiger charge is 2.17. The van der Waals surface area contributed by atoms with E-state index in [4.69, 9.17) is 11.6 Å². The zero-order valence-electron chi connectivity index (χ0n) is 14.6. The largest absolute Gasteiger partial charge is 0.325 e. The van der Waals surface area contributed by atoms with Gasteiger partial charge in [0.05, 0.1) is 11.1 Å². The zero-order chi connectivity index (χ0) is 19.7. The Morgan fingerprint density at radius 1 is 1.29 bits per heavy atom. The van der Waals surface area contributed by atoms with Crippen LogP contribution in [0.1, 0.15) is 0 Å². The lowest BCUT2D eigenvalue weighted by Crippen LogP contribution is -2.21. The van der Waals surface area contributed by atoms with Crippen molar-refractivity contribution in [2.75, 3.05) is 11.1 Å². The second-order valence-electron chi connectivity index (χ2n) is 5.91. The maximum absolute atomic E-state index is 12.9. The summed E-state index contributed by atoms with van der Waals surface area (Å²) in [7, 11) is 1.68. The summed E-state index contributed by atoms with van der Waals surface area (Å²) < 4.78 is 1.50. The molecule has 28 heavy (non-hydrogen) atoms. The van der Waals surface area contributed by atoms with Crippen molar-refractivity contribution < 1.29 is 4.79 Å². The molecule has 1 amide bonds. The number of rotatable bonds is 5. The number of nitrogens with one attached hydrogen (secondary N) is 1. The van der Waals surface area contributed by atoms with Gasteiger partial charge in [-0.15, -0.1) is 22.7 Å². The lowest BCUT2D eigenvalue weighted by molar-refractivity contribution is -0.113. The Hall–Kier alpha value is -2.13. The van der Waals surface area contributed by atoms with E-state index in [-0.39, 0.29) is 17.2 Å². The zero-order valence-corrected chi connectivity index (χ0v) is 17.8. The molecule has 9 heteroatoms. The van der Waals surface area contributed by atoms with E-state index in [0.29, 0.717) is 26.1 Å². The maximum Gasteiger partial charge on any atom is 0.263 e. The number of amides is 1. The standard InChI is InChI=1S/C19H14ClN3O2S3/c1-23-18(25)16-13(14-6-3-7-26-14)9-27-17(16)22-19(23)28-10-15(24)21-12-5-2-4-11(20)8-12/h2-9H,10H2,1H3,(H,21,24). The lowest BCUT2D eigenvalue weighted by atomic mass is 10.2. The molecule has 0 saturated carbocycles. The van der Waals surface area contributed by atoms with E-state index < -0.39 is 0 Å². The summed E-state index contributed by atoms with van der Waals surface area (Å²) in [5.41, 5.74) is 1.44. The summed E-state index contributed by atoms with van der Waals surface area (Å²) in [6.07, 6.45) is 0. The number of hydrogen-bond acceptors (Lipinski definition) is 6. The Bertz CT molecular complexity index is 1220. The number of benzene rings is 1. The Balaban J connectivity index is 1.55. The SMILES string of the molecule is Cn1c(SCC(=O)Nc2cccc(Cl)c2)nc2scc(-c3cccs3)c2c1=O. The van der Waals surface area contributed by atoms with Crippen molar-refractivity contribution in [1.29, 1.82) is 0 Å². The first-order valence-corrected chi connectivity index (χ1v) is 11.4. The summed E-state index contributed by atoms with van der Waals surface area (Å²) in [4.78, 5) is 31.5. The number of thioether (sulfide) groups is 1. The Morgan fingerprint density at radius 2 is 2.14 bits per heavy atom. The molecule has 3 heterocycles. The van der Waals surface area contributed by atoms with Crippen LogP contribution in [0.5, 0.6) is 0 Å². The quantitative estimate of drug-likeness (QED) is 0.341. The van der Waals surface area contributed by atoms with Crippen LogP contribution in [0.25, 0.3) is 20.7 Å². The minimum Gasteiger partial charge on any atom is -0.325 e.